The lowest BCUT2D eigenvalue weighted by atomic mass is 10.8. The van der Waals surface area contributed by atoms with Crippen molar-refractivity contribution in [2.24, 2.45) is 0 Å². The number of hydrazine groups is 1. The molecule has 0 aromatic carbocycles. The van der Waals surface area contributed by atoms with Gasteiger partial charge in [-0.15, -0.1) is 0 Å². The Balaban J connectivity index is 2.03. The third-order valence-electron chi connectivity index (χ3n) is 0.937. The molecule has 0 radical (unpaired) electrons. The highest BCUT2D eigenvalue weighted by Crippen LogP contribution is 2.17. The van der Waals surface area contributed by atoms with E-state index in [2.05, 4.69) is 10.3 Å². The highest BCUT2D eigenvalue weighted by molar-refractivity contribution is 7.70. The van der Waals surface area contributed by atoms with Crippen LogP contribution in [0.25, 0.3) is 0 Å². The summed E-state index contributed by atoms with van der Waals surface area (Å²) in [6.45, 7) is 0. The molecule has 1 aliphatic rings. The van der Waals surface area contributed by atoms with E-state index in [1.165, 1.54) is 0 Å². The molecule has 8 heavy (non-hydrogen) atoms. The molecule has 1 aliphatic carbocycles. The van der Waals surface area contributed by atoms with Crippen molar-refractivity contribution in [3.05, 3.63) is 0 Å². The molecule has 1 saturated carbocycles. The number of hydrogen-bond acceptors (Lipinski definition) is 3. The number of hydrogen-bond donors (Lipinski definition) is 3. The molecule has 0 atom stereocenters. The fourth-order valence-electron chi connectivity index (χ4n) is 0.372. The van der Waals surface area contributed by atoms with Gasteiger partial charge in [0.1, 0.15) is 0 Å². The predicted molar refractivity (Wildman–Crippen MR) is 29.6 cm³/mol. The van der Waals surface area contributed by atoms with E-state index in [0.29, 0.717) is 6.04 Å². The molecule has 0 aromatic rings. The molecule has 5 heteroatoms. The Hall–Kier alpha value is -0.130. The van der Waals surface area contributed by atoms with Gasteiger partial charge in [-0.1, -0.05) is 0 Å². The Morgan fingerprint density at radius 3 is 2.38 bits per heavy atom. The second-order valence-electron chi connectivity index (χ2n) is 1.79. The molecule has 0 amide bonds. The molecule has 0 spiro atoms. The normalized spacial score (nSPS) is 19.6. The second-order valence-corrected chi connectivity index (χ2v) is 2.53. The van der Waals surface area contributed by atoms with Gasteiger partial charge < -0.3 is 0 Å². The minimum atomic E-state index is -2.45. The zero-order chi connectivity index (χ0) is 5.98. The maximum Gasteiger partial charge on any atom is 0.214 e. The third kappa shape index (κ3) is 2.25. The molecule has 2 N–H and O–H groups in total. The van der Waals surface area contributed by atoms with Gasteiger partial charge >= 0.3 is 0 Å². The molecule has 0 aromatic heterocycles. The Bertz CT molecular complexity index is 132. The molecule has 0 heterocycles. The lowest BCUT2D eigenvalue weighted by molar-refractivity contribution is 0.573. The van der Waals surface area contributed by atoms with Crippen LogP contribution in [0.5, 0.6) is 0 Å². The first-order valence-electron chi connectivity index (χ1n) is 2.44. The first kappa shape index (κ1) is 6.00. The second kappa shape index (κ2) is 2.43. The fourth-order valence-corrected chi connectivity index (χ4v) is 0.660. The highest BCUT2D eigenvalue weighted by atomic mass is 32.2. The Labute approximate surface area is 49.3 Å². The zero-order valence-electron chi connectivity index (χ0n) is 4.26. The maximum absolute atomic E-state index is 9.79. The SMILES string of the molecule is O=[SH](=O)NNC1CC1. The first-order chi connectivity index (χ1) is 3.79. The minimum absolute atomic E-state index is 0.392. The van der Waals surface area contributed by atoms with E-state index in [-0.39, 0.29) is 0 Å². The number of thiol groups is 1. The number of nitrogens with one attached hydrogen (secondary N) is 2. The highest BCUT2D eigenvalue weighted by Gasteiger charge is 2.19. The third-order valence-corrected chi connectivity index (χ3v) is 1.25. The van der Waals surface area contributed by atoms with Gasteiger partial charge in [-0.25, -0.2) is 13.8 Å². The topological polar surface area (TPSA) is 58.2 Å². The van der Waals surface area contributed by atoms with Crippen LogP contribution >= 0.6 is 0 Å². The van der Waals surface area contributed by atoms with Crippen LogP contribution < -0.4 is 10.3 Å². The van der Waals surface area contributed by atoms with E-state index in [0.717, 1.165) is 12.8 Å². The summed E-state index contributed by atoms with van der Waals surface area (Å²) in [5.41, 5.74) is 2.61. The monoisotopic (exact) mass is 136 g/mol. The first-order valence-corrected chi connectivity index (χ1v) is 3.62. The Kier molecular flexibility index (Phi) is 1.82. The summed E-state index contributed by atoms with van der Waals surface area (Å²) in [5, 5.41) is 0. The summed E-state index contributed by atoms with van der Waals surface area (Å²) >= 11 is 0. The summed E-state index contributed by atoms with van der Waals surface area (Å²) in [6.07, 6.45) is 2.16. The molecule has 4 nitrogen and oxygen atoms in total. The van der Waals surface area contributed by atoms with Crippen LogP contribution in [-0.4, -0.2) is 14.5 Å². The van der Waals surface area contributed by atoms with Crippen LogP contribution in [0, 0.1) is 0 Å². The molecule has 0 unspecified atom stereocenters. The van der Waals surface area contributed by atoms with Gasteiger partial charge in [0.25, 0.3) is 0 Å². The minimum Gasteiger partial charge on any atom is -0.241 e. The van der Waals surface area contributed by atoms with E-state index < -0.39 is 10.9 Å². The van der Waals surface area contributed by atoms with Gasteiger partial charge in [0.05, 0.1) is 0 Å². The Morgan fingerprint density at radius 2 is 2.00 bits per heavy atom. The average molecular weight is 136 g/mol. The van der Waals surface area contributed by atoms with Gasteiger partial charge in [0.15, 0.2) is 0 Å². The molecule has 0 bridgehead atoms. The van der Waals surface area contributed by atoms with Crippen molar-refractivity contribution in [2.75, 3.05) is 0 Å². The van der Waals surface area contributed by atoms with Crippen molar-refractivity contribution < 1.29 is 8.42 Å². The molecule has 0 aliphatic heterocycles. The van der Waals surface area contributed by atoms with Crippen LogP contribution in [0.15, 0.2) is 0 Å². The summed E-state index contributed by atoms with van der Waals surface area (Å²) in [4.78, 5) is 2.11. The molecular weight excluding hydrogens is 128 g/mol. The van der Waals surface area contributed by atoms with Gasteiger partial charge in [-0.2, -0.15) is 4.83 Å². The molecule has 1 fully saturated rings. The van der Waals surface area contributed by atoms with Crippen molar-refractivity contribution in [3.63, 3.8) is 0 Å². The average Bonchev–Trinajstić information content (AvgIpc) is 2.41. The summed E-state index contributed by atoms with van der Waals surface area (Å²) in [7, 11) is -2.45. The quantitative estimate of drug-likeness (QED) is 0.336. The lowest BCUT2D eigenvalue weighted by Crippen LogP contribution is -2.31. The molecule has 1 rings (SSSR count). The van der Waals surface area contributed by atoms with Gasteiger partial charge in [0, 0.05) is 6.04 Å². The van der Waals surface area contributed by atoms with Crippen molar-refractivity contribution >= 4 is 10.9 Å². The van der Waals surface area contributed by atoms with Gasteiger partial charge in [-0.3, -0.25) is 0 Å². The van der Waals surface area contributed by atoms with E-state index >= 15 is 0 Å². The largest absolute Gasteiger partial charge is 0.241 e. The van der Waals surface area contributed by atoms with E-state index in [1.807, 2.05) is 0 Å². The van der Waals surface area contributed by atoms with Gasteiger partial charge in [0.2, 0.25) is 10.9 Å². The van der Waals surface area contributed by atoms with Crippen molar-refractivity contribution in [1.29, 1.82) is 0 Å². The van der Waals surface area contributed by atoms with E-state index in [9.17, 15) is 8.42 Å². The van der Waals surface area contributed by atoms with Crippen LogP contribution in [0.4, 0.5) is 0 Å². The Morgan fingerprint density at radius 1 is 1.38 bits per heavy atom. The summed E-state index contributed by atoms with van der Waals surface area (Å²) in [5.74, 6) is 0. The van der Waals surface area contributed by atoms with Crippen LogP contribution in [0.3, 0.4) is 0 Å². The smallest absolute Gasteiger partial charge is 0.214 e. The van der Waals surface area contributed by atoms with E-state index in [1.54, 1.807) is 0 Å². The van der Waals surface area contributed by atoms with Crippen LogP contribution in [0.2, 0.25) is 0 Å². The fraction of sp³-hybridized carbons (Fsp3) is 1.00. The van der Waals surface area contributed by atoms with Crippen molar-refractivity contribution in [3.8, 4) is 0 Å². The summed E-state index contributed by atoms with van der Waals surface area (Å²) < 4.78 is 19.6. The van der Waals surface area contributed by atoms with Crippen LogP contribution in [-0.2, 0) is 10.9 Å². The van der Waals surface area contributed by atoms with Gasteiger partial charge in [-0.05, 0) is 12.8 Å². The molecule has 0 saturated heterocycles. The van der Waals surface area contributed by atoms with E-state index in [4.69, 9.17) is 0 Å². The zero-order valence-corrected chi connectivity index (χ0v) is 5.15. The van der Waals surface area contributed by atoms with Crippen LogP contribution in [0.1, 0.15) is 12.8 Å². The number of rotatable bonds is 3. The summed E-state index contributed by atoms with van der Waals surface area (Å²) in [6, 6.07) is 0.392. The standard InChI is InChI=1S/C3H8N2O2S/c6-8(7)5-4-3-1-2-3/h3-4,8H,1-2H2,(H,5,6,7). The maximum atomic E-state index is 9.79. The van der Waals surface area contributed by atoms with Crippen molar-refractivity contribution in [1.82, 2.24) is 10.3 Å². The van der Waals surface area contributed by atoms with Crippen molar-refractivity contribution in [2.45, 2.75) is 18.9 Å². The molecular formula is C3H8N2O2S. The molecule has 48 valence electrons. The predicted octanol–water partition coefficient (Wildman–Crippen LogP) is -1.23. The lowest BCUT2D eigenvalue weighted by Gasteiger charge is -1.92.